The van der Waals surface area contributed by atoms with Crippen molar-refractivity contribution in [2.75, 3.05) is 45.0 Å². The predicted octanol–water partition coefficient (Wildman–Crippen LogP) is 8.29. The Hall–Kier alpha value is -7.93. The number of ether oxygens (including phenoxy) is 4. The van der Waals surface area contributed by atoms with Gasteiger partial charge in [-0.3, -0.25) is 42.9 Å². The van der Waals surface area contributed by atoms with Crippen molar-refractivity contribution in [3.8, 4) is 11.1 Å². The molecule has 1 aliphatic carbocycles. The molecule has 18 heteroatoms. The number of carbonyl (C=O) groups excluding carboxylic acids is 6. The summed E-state index contributed by atoms with van der Waals surface area (Å²) in [6.45, 7) is 5.00. The van der Waals surface area contributed by atoms with Crippen LogP contribution < -0.4 is 27.0 Å². The molecule has 5 aromatic carbocycles. The van der Waals surface area contributed by atoms with Crippen molar-refractivity contribution in [3.05, 3.63) is 159 Å². The highest BCUT2D eigenvalue weighted by molar-refractivity contribution is 6.07. The van der Waals surface area contributed by atoms with E-state index in [1.807, 2.05) is 79.7 Å². The highest BCUT2D eigenvalue weighted by atomic mass is 16.5. The maximum Gasteiger partial charge on any atom is 0.407 e. The van der Waals surface area contributed by atoms with Gasteiger partial charge in [-0.2, -0.15) is 0 Å². The predicted molar refractivity (Wildman–Crippen MR) is 323 cm³/mol. The van der Waals surface area contributed by atoms with Crippen LogP contribution in [-0.2, 0) is 82.3 Å². The second-order valence-corrected chi connectivity index (χ2v) is 23.1. The van der Waals surface area contributed by atoms with Crippen LogP contribution in [0.15, 0.2) is 114 Å². The SMILES string of the molecule is C[C@@H](OCc1ccc(CCCOCCCCCCOCCCc2ccc3c(c2)n(C)c(=O)n3C2CCC(=O)N(C)C2=O)cc1)[C@H](CCC(N)=O)NC(=O)[C@@H]1Cc2cccc3c2N1C(=O)[C@@H](NC(=O)OCC1c2ccccc2-c2ccccc21)CC3. The minimum absolute atomic E-state index is 0.0297. The maximum atomic E-state index is 14.6. The Labute approximate surface area is 496 Å². The fourth-order valence-electron chi connectivity index (χ4n) is 12.6. The number of fused-ring (bicyclic) bond motifs is 4. The van der Waals surface area contributed by atoms with E-state index in [1.165, 1.54) is 17.2 Å². The lowest BCUT2D eigenvalue weighted by Gasteiger charge is -2.31. The van der Waals surface area contributed by atoms with Crippen molar-refractivity contribution >= 4 is 52.3 Å². The zero-order valence-corrected chi connectivity index (χ0v) is 49.1. The summed E-state index contributed by atoms with van der Waals surface area (Å²) in [5.74, 6) is -1.98. The number of nitrogens with one attached hydrogen (secondary N) is 2. The number of likely N-dealkylation sites (tertiary alicyclic amines) is 1. The molecule has 1 unspecified atom stereocenters. The number of imide groups is 1. The Morgan fingerprint density at radius 3 is 2.01 bits per heavy atom. The number of alkyl carbamates (subject to hydrolysis) is 1. The molecule has 0 saturated carbocycles. The smallest absolute Gasteiger partial charge is 0.407 e. The number of nitrogens with two attached hydrogens (primary N) is 1. The molecule has 1 saturated heterocycles. The van der Waals surface area contributed by atoms with Crippen molar-refractivity contribution < 1.29 is 47.7 Å². The van der Waals surface area contributed by atoms with Gasteiger partial charge in [0.05, 0.1) is 35.5 Å². The number of likely N-dealkylation sites (N-methyl/N-ethyl adjacent to an activating group) is 1. The van der Waals surface area contributed by atoms with E-state index in [0.29, 0.717) is 56.7 Å². The first kappa shape index (κ1) is 60.2. The molecule has 0 radical (unpaired) electrons. The van der Waals surface area contributed by atoms with Gasteiger partial charge in [-0.05, 0) is 133 Å². The van der Waals surface area contributed by atoms with Crippen molar-refractivity contribution in [1.82, 2.24) is 24.7 Å². The number of piperidine rings is 1. The summed E-state index contributed by atoms with van der Waals surface area (Å²) in [5, 5.41) is 5.99. The molecule has 6 aromatic rings. The first-order chi connectivity index (χ1) is 41.2. The molecule has 18 nitrogen and oxygen atoms in total. The second kappa shape index (κ2) is 27.8. The van der Waals surface area contributed by atoms with E-state index < -0.39 is 42.3 Å². The van der Waals surface area contributed by atoms with Crippen LogP contribution in [-0.4, -0.2) is 114 Å². The molecule has 0 spiro atoms. The molecule has 448 valence electrons. The first-order valence-corrected chi connectivity index (χ1v) is 30.2. The third-order valence-electron chi connectivity index (χ3n) is 17.4. The third kappa shape index (κ3) is 13.9. The number of hydrogen-bond donors (Lipinski definition) is 3. The van der Waals surface area contributed by atoms with E-state index >= 15 is 0 Å². The number of hydrogen-bond acceptors (Lipinski definition) is 11. The van der Waals surface area contributed by atoms with E-state index in [4.69, 9.17) is 24.7 Å². The number of amides is 6. The summed E-state index contributed by atoms with van der Waals surface area (Å²) >= 11 is 0. The topological polar surface area (TPSA) is 223 Å². The number of benzene rings is 5. The number of para-hydroxylation sites is 1. The number of unbranched alkanes of at least 4 members (excludes halogenated alkanes) is 3. The summed E-state index contributed by atoms with van der Waals surface area (Å²) in [4.78, 5) is 95.4. The third-order valence-corrected chi connectivity index (χ3v) is 17.4. The summed E-state index contributed by atoms with van der Waals surface area (Å²) in [7, 11) is 3.19. The summed E-state index contributed by atoms with van der Waals surface area (Å²) in [5.41, 5.74) is 17.0. The standard InChI is InChI=1S/C67H79N7O11/c1-43(84-41-46-25-23-44(24-26-46)15-13-37-82-35-10-4-5-11-36-83-38-14-16-45-27-31-56-58(39-45)71(2)67(81)73(56)57-32-34-61(76)72(3)65(57)79)54(30-33-60(68)75)69-63(77)59-40-48-18-12-17-47-28-29-55(64(78)74(59)62(47)48)70-66(80)85-42-53-51-21-8-6-19-49(51)50-20-7-9-22-52(50)53/h6-9,12,17-27,31,39,43,53-55,57,59H,4-5,10-11,13-16,28-30,32-38,40-42H2,1-3H3,(H2,68,75)(H,69,77)(H,70,80)/t43-,54+,55+,57?,59+/m1/s1. The van der Waals surface area contributed by atoms with Gasteiger partial charge in [0, 0.05) is 65.7 Å². The Bertz CT molecular complexity index is 3420. The van der Waals surface area contributed by atoms with Crippen LogP contribution in [0.25, 0.3) is 22.2 Å². The average molecular weight is 1160 g/mol. The van der Waals surface area contributed by atoms with Crippen LogP contribution in [0.1, 0.15) is 128 Å². The van der Waals surface area contributed by atoms with Gasteiger partial charge in [0.15, 0.2) is 0 Å². The number of nitrogens with zero attached hydrogens (tertiary/aromatic N) is 4. The van der Waals surface area contributed by atoms with E-state index in [2.05, 4.69) is 47.0 Å². The number of primary amides is 1. The maximum absolute atomic E-state index is 14.6. The van der Waals surface area contributed by atoms with Crippen molar-refractivity contribution in [3.63, 3.8) is 0 Å². The lowest BCUT2D eigenvalue weighted by Crippen LogP contribution is -2.56. The number of anilines is 1. The molecule has 6 amide bonds. The second-order valence-electron chi connectivity index (χ2n) is 23.1. The molecule has 5 atom stereocenters. The minimum Gasteiger partial charge on any atom is -0.449 e. The monoisotopic (exact) mass is 1160 g/mol. The molecule has 85 heavy (non-hydrogen) atoms. The fraction of sp³-hybridized carbons (Fsp3) is 0.448. The zero-order chi connectivity index (χ0) is 59.6. The first-order valence-electron chi connectivity index (χ1n) is 30.2. The lowest BCUT2D eigenvalue weighted by molar-refractivity contribution is -0.149. The molecule has 10 rings (SSSR count). The van der Waals surface area contributed by atoms with Crippen LogP contribution in [0.2, 0.25) is 0 Å². The number of rotatable bonds is 28. The summed E-state index contributed by atoms with van der Waals surface area (Å²) in [6, 6.07) is 33.1. The molecule has 4 heterocycles. The Kier molecular flexibility index (Phi) is 19.7. The van der Waals surface area contributed by atoms with Crippen LogP contribution in [0.4, 0.5) is 10.5 Å². The van der Waals surface area contributed by atoms with Gasteiger partial charge in [0.1, 0.15) is 24.7 Å². The van der Waals surface area contributed by atoms with E-state index in [-0.39, 0.29) is 67.7 Å². The fourth-order valence-corrected chi connectivity index (χ4v) is 12.6. The van der Waals surface area contributed by atoms with Gasteiger partial charge < -0.3 is 35.3 Å². The van der Waals surface area contributed by atoms with E-state index in [0.717, 1.165) is 113 Å². The zero-order valence-electron chi connectivity index (χ0n) is 49.1. The van der Waals surface area contributed by atoms with Crippen molar-refractivity contribution in [2.24, 2.45) is 12.8 Å². The van der Waals surface area contributed by atoms with Crippen LogP contribution in [0.3, 0.4) is 0 Å². The lowest BCUT2D eigenvalue weighted by atomic mass is 9.98. The molecule has 1 fully saturated rings. The number of aryl methyl sites for hydroxylation is 4. The Morgan fingerprint density at radius 1 is 0.682 bits per heavy atom. The molecule has 0 bridgehead atoms. The molecule has 1 aromatic heterocycles. The van der Waals surface area contributed by atoms with Gasteiger partial charge >= 0.3 is 11.8 Å². The van der Waals surface area contributed by atoms with Gasteiger partial charge in [-0.1, -0.05) is 110 Å². The van der Waals surface area contributed by atoms with Gasteiger partial charge in [0.2, 0.25) is 23.6 Å². The largest absolute Gasteiger partial charge is 0.449 e. The average Bonchev–Trinajstić information content (AvgIpc) is 1.85. The van der Waals surface area contributed by atoms with Crippen LogP contribution >= 0.6 is 0 Å². The van der Waals surface area contributed by atoms with Crippen molar-refractivity contribution in [1.29, 1.82) is 0 Å². The summed E-state index contributed by atoms with van der Waals surface area (Å²) < 4.78 is 27.2. The van der Waals surface area contributed by atoms with Gasteiger partial charge in [0.25, 0.3) is 5.91 Å². The minimum atomic E-state index is -0.929. The molecular weight excluding hydrogens is 1080 g/mol. The van der Waals surface area contributed by atoms with Crippen molar-refractivity contribution in [2.45, 2.75) is 146 Å². The Morgan fingerprint density at radius 2 is 1.32 bits per heavy atom. The highest BCUT2D eigenvalue weighted by Crippen LogP contribution is 2.45. The quantitative estimate of drug-likeness (QED) is 0.0313. The Balaban J connectivity index is 0.610. The molecule has 4 N–H and O–H groups in total. The van der Waals surface area contributed by atoms with E-state index in [9.17, 15) is 33.6 Å². The normalized spacial score (nSPS) is 18.0. The number of aromatic nitrogens is 2. The molecular formula is C67H79N7O11. The molecule has 4 aliphatic rings. The van der Waals surface area contributed by atoms with Gasteiger partial charge in [-0.15, -0.1) is 0 Å². The number of imidazole rings is 1. The van der Waals surface area contributed by atoms with Crippen LogP contribution in [0, 0.1) is 0 Å². The number of carbonyl (C=O) groups is 6. The van der Waals surface area contributed by atoms with E-state index in [1.54, 1.807) is 16.5 Å². The molecule has 3 aliphatic heterocycles. The highest BCUT2D eigenvalue weighted by Gasteiger charge is 2.45. The van der Waals surface area contributed by atoms with Gasteiger partial charge in [-0.25, -0.2) is 9.59 Å². The van der Waals surface area contributed by atoms with Crippen LogP contribution in [0.5, 0.6) is 0 Å². The summed E-state index contributed by atoms with van der Waals surface area (Å²) in [6.07, 6.45) is 8.32.